The Kier molecular flexibility index (Phi) is 10.9. The molecule has 16 heteroatoms. The number of para-hydroxylation sites is 1. The zero-order valence-corrected chi connectivity index (χ0v) is 34.3. The molecule has 5 aromatic rings. The van der Waals surface area contributed by atoms with E-state index in [9.17, 15) is 29.0 Å². The summed E-state index contributed by atoms with van der Waals surface area (Å²) in [4.78, 5) is 52.8. The molecule has 5 heterocycles. The van der Waals surface area contributed by atoms with Crippen LogP contribution in [0.25, 0.3) is 32.7 Å². The number of H-pyrrole nitrogens is 1. The van der Waals surface area contributed by atoms with E-state index in [1.165, 1.54) is 16.2 Å². The number of phenolic OH excluding ortho intramolecular Hbond substituents is 1. The number of amides is 3. The molecule has 5 N–H and O–H groups in total. The summed E-state index contributed by atoms with van der Waals surface area (Å²) < 4.78 is 21.0. The van der Waals surface area contributed by atoms with Crippen LogP contribution in [0.2, 0.25) is 0 Å². The fraction of sp³-hybridized carbons (Fsp3) is 0.442. The first-order chi connectivity index (χ1) is 28.2. The molecule has 1 aliphatic carbocycles. The maximum Gasteiger partial charge on any atom is 0.258 e. The lowest BCUT2D eigenvalue weighted by Gasteiger charge is -2.38. The molecule has 3 fully saturated rings. The minimum absolute atomic E-state index is 0.0321. The number of halogens is 1. The summed E-state index contributed by atoms with van der Waals surface area (Å²) in [7, 11) is 0. The highest BCUT2D eigenvalue weighted by Gasteiger charge is 2.53. The average Bonchev–Trinajstić information content (AvgIpc) is 3.46. The van der Waals surface area contributed by atoms with Gasteiger partial charge in [-0.15, -0.1) is 21.5 Å². The first-order valence-electron chi connectivity index (χ1n) is 20.0. The van der Waals surface area contributed by atoms with Crippen LogP contribution in [0.15, 0.2) is 60.1 Å². The Bertz CT molecular complexity index is 2380. The molecule has 3 aliphatic rings. The largest absolute Gasteiger partial charge is 0.507 e. The number of carbonyl (C=O) groups excluding carboxylic acids is 3. The SMILES string of the molecule is Cc1ncsc1-c1ccc(CNC(=O)[C@@H]2C[C@@H](O)CN2C(=O)[C@@H](NC(=O)C2(F)CC2)C(C)(C)C)c(OCCN2CC(c3cc4cc(-c5ccccc5O)nnc4[nH]3)C2)c1. The second-order valence-corrected chi connectivity index (χ2v) is 17.9. The molecule has 0 unspecified atom stereocenters. The number of nitrogens with one attached hydrogen (secondary N) is 3. The minimum Gasteiger partial charge on any atom is -0.507 e. The highest BCUT2D eigenvalue weighted by Crippen LogP contribution is 2.41. The van der Waals surface area contributed by atoms with Gasteiger partial charge in [0.05, 0.1) is 27.9 Å². The number of thiazole rings is 1. The molecule has 3 amide bonds. The van der Waals surface area contributed by atoms with Crippen LogP contribution in [0.3, 0.4) is 0 Å². The Morgan fingerprint density at radius 2 is 1.86 bits per heavy atom. The first-order valence-corrected chi connectivity index (χ1v) is 20.8. The molecular formula is C43H49FN8O6S. The summed E-state index contributed by atoms with van der Waals surface area (Å²) in [5.74, 6) is -0.759. The molecule has 0 bridgehead atoms. The van der Waals surface area contributed by atoms with Gasteiger partial charge in [-0.3, -0.25) is 19.3 Å². The minimum atomic E-state index is -1.97. The predicted molar refractivity (Wildman–Crippen MR) is 220 cm³/mol. The van der Waals surface area contributed by atoms with Gasteiger partial charge in [-0.1, -0.05) is 45.0 Å². The van der Waals surface area contributed by atoms with Gasteiger partial charge in [-0.05, 0) is 61.1 Å². The predicted octanol–water partition coefficient (Wildman–Crippen LogP) is 4.85. The molecule has 2 saturated heterocycles. The van der Waals surface area contributed by atoms with Gasteiger partial charge in [0.25, 0.3) is 5.91 Å². The molecule has 0 radical (unpaired) electrons. The number of aromatic amines is 1. The number of alkyl halides is 1. The fourth-order valence-electron chi connectivity index (χ4n) is 7.80. The van der Waals surface area contributed by atoms with E-state index < -0.39 is 47.0 Å². The summed E-state index contributed by atoms with van der Waals surface area (Å²) in [5, 5.41) is 36.1. The quantitative estimate of drug-likeness (QED) is 0.110. The number of aromatic hydroxyl groups is 1. The number of likely N-dealkylation sites (tertiary alicyclic amines) is 2. The van der Waals surface area contributed by atoms with E-state index in [4.69, 9.17) is 4.74 Å². The highest BCUT2D eigenvalue weighted by molar-refractivity contribution is 7.13. The Labute approximate surface area is 345 Å². The van der Waals surface area contributed by atoms with E-state index >= 15 is 0 Å². The molecule has 3 atom stereocenters. The molecule has 59 heavy (non-hydrogen) atoms. The maximum absolute atomic E-state index is 14.6. The lowest BCUT2D eigenvalue weighted by Crippen LogP contribution is -2.59. The third-order valence-electron chi connectivity index (χ3n) is 11.5. The van der Waals surface area contributed by atoms with Gasteiger partial charge in [0, 0.05) is 67.3 Å². The van der Waals surface area contributed by atoms with Crippen molar-refractivity contribution in [1.82, 2.24) is 40.6 Å². The number of β-amino-alcohol motifs (C(OH)–C–C–N with tert-alkyl or cyclic N) is 1. The number of nitrogens with zero attached hydrogens (tertiary/aromatic N) is 5. The van der Waals surface area contributed by atoms with Crippen molar-refractivity contribution in [1.29, 1.82) is 0 Å². The third-order valence-corrected chi connectivity index (χ3v) is 12.5. The fourth-order valence-corrected chi connectivity index (χ4v) is 8.60. The Morgan fingerprint density at radius 3 is 2.58 bits per heavy atom. The van der Waals surface area contributed by atoms with Crippen LogP contribution in [-0.2, 0) is 20.9 Å². The number of aliphatic hydroxyl groups excluding tert-OH is 1. The Hall–Kier alpha value is -5.45. The topological polar surface area (TPSA) is 186 Å². The number of aromatic nitrogens is 4. The van der Waals surface area contributed by atoms with Gasteiger partial charge in [-0.25, -0.2) is 9.37 Å². The Morgan fingerprint density at radius 1 is 1.08 bits per heavy atom. The van der Waals surface area contributed by atoms with E-state index in [1.807, 2.05) is 43.3 Å². The molecular weight excluding hydrogens is 776 g/mol. The van der Waals surface area contributed by atoms with Crippen LogP contribution in [0, 0.1) is 12.3 Å². The van der Waals surface area contributed by atoms with Crippen LogP contribution in [0.5, 0.6) is 11.5 Å². The molecule has 310 valence electrons. The highest BCUT2D eigenvalue weighted by atomic mass is 32.1. The smallest absolute Gasteiger partial charge is 0.258 e. The van der Waals surface area contributed by atoms with Crippen molar-refractivity contribution >= 4 is 40.1 Å². The van der Waals surface area contributed by atoms with Crippen molar-refractivity contribution < 1.29 is 33.7 Å². The number of phenols is 1. The van der Waals surface area contributed by atoms with Crippen LogP contribution in [0.4, 0.5) is 4.39 Å². The van der Waals surface area contributed by atoms with Crippen molar-refractivity contribution in [3.8, 4) is 33.2 Å². The van der Waals surface area contributed by atoms with Gasteiger partial charge >= 0.3 is 0 Å². The number of ether oxygens (including phenoxy) is 1. The van der Waals surface area contributed by atoms with E-state index in [2.05, 4.69) is 41.8 Å². The second kappa shape index (κ2) is 16.0. The van der Waals surface area contributed by atoms with E-state index in [0.29, 0.717) is 35.8 Å². The summed E-state index contributed by atoms with van der Waals surface area (Å²) in [5.41, 5.74) is 4.65. The number of aryl methyl sites for hydroxylation is 1. The first kappa shape index (κ1) is 40.3. The number of carbonyl (C=O) groups is 3. The molecule has 8 rings (SSSR count). The van der Waals surface area contributed by atoms with Gasteiger partial charge < -0.3 is 35.5 Å². The van der Waals surface area contributed by atoms with Gasteiger partial charge in [0.2, 0.25) is 11.8 Å². The van der Waals surface area contributed by atoms with Gasteiger partial charge in [-0.2, -0.15) is 0 Å². The molecule has 2 aromatic carbocycles. The Balaban J connectivity index is 0.906. The normalized spacial score (nSPS) is 19.7. The van der Waals surface area contributed by atoms with Gasteiger partial charge in [0.15, 0.2) is 11.3 Å². The van der Waals surface area contributed by atoms with E-state index in [-0.39, 0.29) is 44.0 Å². The molecule has 2 aliphatic heterocycles. The summed E-state index contributed by atoms with van der Waals surface area (Å²) in [6, 6.07) is 14.9. The molecule has 1 saturated carbocycles. The number of rotatable bonds is 13. The van der Waals surface area contributed by atoms with Crippen molar-refractivity contribution in [2.45, 2.75) is 83.3 Å². The molecule has 14 nitrogen and oxygen atoms in total. The van der Waals surface area contributed by atoms with Crippen molar-refractivity contribution in [3.05, 3.63) is 77.1 Å². The molecule has 0 spiro atoms. The van der Waals surface area contributed by atoms with E-state index in [0.717, 1.165) is 45.9 Å². The third kappa shape index (κ3) is 8.52. The van der Waals surface area contributed by atoms with Crippen molar-refractivity contribution in [2.24, 2.45) is 5.41 Å². The van der Waals surface area contributed by atoms with Crippen LogP contribution in [0.1, 0.15) is 62.9 Å². The van der Waals surface area contributed by atoms with Gasteiger partial charge in [0.1, 0.15) is 30.2 Å². The number of fused-ring (bicyclic) bond motifs is 1. The zero-order chi connectivity index (χ0) is 41.6. The monoisotopic (exact) mass is 824 g/mol. The zero-order valence-electron chi connectivity index (χ0n) is 33.5. The lowest BCUT2D eigenvalue weighted by molar-refractivity contribution is -0.145. The van der Waals surface area contributed by atoms with Crippen LogP contribution < -0.4 is 15.4 Å². The number of hydrogen-bond donors (Lipinski definition) is 5. The van der Waals surface area contributed by atoms with Crippen LogP contribution >= 0.6 is 11.3 Å². The molecule has 3 aromatic heterocycles. The maximum atomic E-state index is 14.6. The average molecular weight is 825 g/mol. The standard InChI is InChI=1S/C43H49FN8O6S/c1-24-36(59-23-46-24)25-9-10-26(19-45-39(55)33-18-29(53)22-52(33)40(56)37(42(2,3)4)48-41(57)43(44)11-12-43)35(17-25)58-14-13-51-20-28(21-51)31-15-27-16-32(49-50-38(27)47-31)30-7-5-6-8-34(30)54/h5-10,15-17,23,28-29,33,37,53-54H,11-14,18-22H2,1-4H3,(H,45,55)(H,47,50)(H,48,57)/t29-,33+,37-/m1/s1. The number of aliphatic hydroxyl groups is 1. The van der Waals surface area contributed by atoms with Crippen molar-refractivity contribution in [3.63, 3.8) is 0 Å². The number of benzene rings is 2. The summed E-state index contributed by atoms with van der Waals surface area (Å²) >= 11 is 1.53. The van der Waals surface area contributed by atoms with Crippen molar-refractivity contribution in [2.75, 3.05) is 32.8 Å². The van der Waals surface area contributed by atoms with E-state index in [1.54, 1.807) is 38.4 Å². The summed E-state index contributed by atoms with van der Waals surface area (Å²) in [6.45, 7) is 10.0. The van der Waals surface area contributed by atoms with Crippen LogP contribution in [-0.4, -0.2) is 115 Å². The second-order valence-electron chi connectivity index (χ2n) is 17.0. The summed E-state index contributed by atoms with van der Waals surface area (Å²) in [6.07, 6.45) is -0.680. The lowest BCUT2D eigenvalue weighted by atomic mass is 9.85. The number of hydrogen-bond acceptors (Lipinski definition) is 11.